The number of nitrogens with one attached hydrogen (secondary N) is 1. The second-order valence-corrected chi connectivity index (χ2v) is 6.65. The lowest BCUT2D eigenvalue weighted by atomic mass is 9.77. The Hall–Kier alpha value is -1.30. The predicted molar refractivity (Wildman–Crippen MR) is 78.1 cm³/mol. The number of carboxylic acid groups (broad SMARTS) is 1. The molecule has 0 spiro atoms. The molecule has 0 bridgehead atoms. The summed E-state index contributed by atoms with van der Waals surface area (Å²) in [5, 5.41) is 12.4. The summed E-state index contributed by atoms with van der Waals surface area (Å²) in [6.45, 7) is 6.95. The van der Waals surface area contributed by atoms with Gasteiger partial charge in [0.25, 0.3) is 0 Å². The van der Waals surface area contributed by atoms with Gasteiger partial charge < -0.3 is 20.1 Å². The second-order valence-electron chi connectivity index (χ2n) is 6.65. The van der Waals surface area contributed by atoms with E-state index in [2.05, 4.69) is 12.2 Å². The van der Waals surface area contributed by atoms with Crippen molar-refractivity contribution in [2.24, 2.45) is 5.92 Å². The van der Waals surface area contributed by atoms with Crippen LogP contribution in [0, 0.1) is 5.92 Å². The topological polar surface area (TPSA) is 78.9 Å². The third-order valence-corrected chi connectivity index (χ3v) is 4.75. The van der Waals surface area contributed by atoms with Crippen molar-refractivity contribution >= 4 is 12.0 Å². The zero-order chi connectivity index (χ0) is 15.6. The lowest BCUT2D eigenvalue weighted by Gasteiger charge is -2.41. The summed E-state index contributed by atoms with van der Waals surface area (Å²) < 4.78 is 5.51. The van der Waals surface area contributed by atoms with Gasteiger partial charge in [-0.25, -0.2) is 9.59 Å². The molecule has 1 saturated heterocycles. The fourth-order valence-corrected chi connectivity index (χ4v) is 3.11. The molecule has 0 aromatic rings. The van der Waals surface area contributed by atoms with Gasteiger partial charge in [0.05, 0.1) is 18.8 Å². The second kappa shape index (κ2) is 6.22. The Labute approximate surface area is 125 Å². The first kappa shape index (κ1) is 16.1. The molecule has 1 saturated carbocycles. The van der Waals surface area contributed by atoms with E-state index >= 15 is 0 Å². The lowest BCUT2D eigenvalue weighted by Crippen LogP contribution is -2.62. The summed E-state index contributed by atoms with van der Waals surface area (Å²) in [6.07, 6.45) is 2.66. The number of hydrogen-bond acceptors (Lipinski definition) is 3. The molecule has 2 fully saturated rings. The van der Waals surface area contributed by atoms with Crippen LogP contribution >= 0.6 is 0 Å². The highest BCUT2D eigenvalue weighted by molar-refractivity contribution is 5.86. The highest BCUT2D eigenvalue weighted by atomic mass is 16.5. The molecule has 120 valence electrons. The molecule has 2 N–H and O–H groups in total. The number of aliphatic carboxylic acids is 1. The van der Waals surface area contributed by atoms with Gasteiger partial charge in [0.2, 0.25) is 0 Å². The zero-order valence-electron chi connectivity index (χ0n) is 13.1. The maximum Gasteiger partial charge on any atom is 0.329 e. The van der Waals surface area contributed by atoms with E-state index in [0.717, 1.165) is 12.8 Å². The average molecular weight is 298 g/mol. The molecule has 1 heterocycles. The minimum atomic E-state index is -1.11. The van der Waals surface area contributed by atoms with Gasteiger partial charge >= 0.3 is 12.0 Å². The number of carbonyl (C=O) groups excluding carboxylic acids is 1. The van der Waals surface area contributed by atoms with Crippen molar-refractivity contribution in [3.8, 4) is 0 Å². The zero-order valence-corrected chi connectivity index (χ0v) is 13.1. The van der Waals surface area contributed by atoms with Gasteiger partial charge in [-0.05, 0) is 45.4 Å². The van der Waals surface area contributed by atoms with E-state index in [1.807, 2.05) is 13.8 Å². The molecule has 6 heteroatoms. The van der Waals surface area contributed by atoms with Crippen LogP contribution in [0.15, 0.2) is 0 Å². The molecule has 1 aliphatic heterocycles. The Morgan fingerprint density at radius 1 is 1.24 bits per heavy atom. The molecule has 2 aliphatic rings. The smallest absolute Gasteiger partial charge is 0.329 e. The number of rotatable bonds is 2. The molecule has 2 unspecified atom stereocenters. The van der Waals surface area contributed by atoms with Crippen molar-refractivity contribution in [2.45, 2.75) is 64.1 Å². The predicted octanol–water partition coefficient (Wildman–Crippen LogP) is 1.84. The van der Waals surface area contributed by atoms with E-state index in [9.17, 15) is 14.7 Å². The number of amides is 2. The summed E-state index contributed by atoms with van der Waals surface area (Å²) >= 11 is 0. The van der Waals surface area contributed by atoms with Gasteiger partial charge in [-0.15, -0.1) is 0 Å². The first-order valence-electron chi connectivity index (χ1n) is 7.78. The molecule has 6 nitrogen and oxygen atoms in total. The number of morpholine rings is 1. The highest BCUT2D eigenvalue weighted by Crippen LogP contribution is 2.32. The van der Waals surface area contributed by atoms with Gasteiger partial charge in [-0.3, -0.25) is 0 Å². The SMILES string of the molecule is CC1CCC(NC(=O)N2CC(C)OCC2C)(C(=O)O)CC1. The van der Waals surface area contributed by atoms with Crippen molar-refractivity contribution in [1.82, 2.24) is 10.2 Å². The number of nitrogens with zero attached hydrogens (tertiary/aromatic N) is 1. The molecule has 2 amide bonds. The number of carboxylic acids is 1. The minimum Gasteiger partial charge on any atom is -0.480 e. The third kappa shape index (κ3) is 3.48. The monoisotopic (exact) mass is 298 g/mol. The van der Waals surface area contributed by atoms with E-state index in [1.54, 1.807) is 4.90 Å². The van der Waals surface area contributed by atoms with E-state index < -0.39 is 11.5 Å². The summed E-state index contributed by atoms with van der Waals surface area (Å²) in [7, 11) is 0. The normalized spacial score (nSPS) is 37.1. The summed E-state index contributed by atoms with van der Waals surface area (Å²) in [5.41, 5.74) is -1.11. The van der Waals surface area contributed by atoms with Crippen LogP contribution < -0.4 is 5.32 Å². The molecule has 2 atom stereocenters. The molecular weight excluding hydrogens is 272 g/mol. The van der Waals surface area contributed by atoms with E-state index in [0.29, 0.717) is 31.9 Å². The first-order chi connectivity index (χ1) is 9.84. The lowest BCUT2D eigenvalue weighted by molar-refractivity contribution is -0.146. The van der Waals surface area contributed by atoms with E-state index in [1.165, 1.54) is 0 Å². The molecule has 2 rings (SSSR count). The van der Waals surface area contributed by atoms with Gasteiger partial charge in [0, 0.05) is 6.54 Å². The van der Waals surface area contributed by atoms with Crippen LogP contribution in [0.1, 0.15) is 46.5 Å². The highest BCUT2D eigenvalue weighted by Gasteiger charge is 2.44. The maximum absolute atomic E-state index is 12.5. The van der Waals surface area contributed by atoms with Crippen LogP contribution in [0.3, 0.4) is 0 Å². The average Bonchev–Trinajstić information content (AvgIpc) is 2.44. The number of urea groups is 1. The quantitative estimate of drug-likeness (QED) is 0.815. The van der Waals surface area contributed by atoms with Crippen LogP contribution in [-0.2, 0) is 9.53 Å². The Morgan fingerprint density at radius 3 is 2.43 bits per heavy atom. The first-order valence-corrected chi connectivity index (χ1v) is 7.78. The molecule has 1 aliphatic carbocycles. The van der Waals surface area contributed by atoms with Crippen molar-refractivity contribution in [3.05, 3.63) is 0 Å². The van der Waals surface area contributed by atoms with Crippen molar-refractivity contribution in [3.63, 3.8) is 0 Å². The molecule has 0 radical (unpaired) electrons. The van der Waals surface area contributed by atoms with Crippen LogP contribution in [0.2, 0.25) is 0 Å². The van der Waals surface area contributed by atoms with Crippen molar-refractivity contribution in [1.29, 1.82) is 0 Å². The van der Waals surface area contributed by atoms with Crippen molar-refractivity contribution in [2.75, 3.05) is 13.2 Å². The van der Waals surface area contributed by atoms with Gasteiger partial charge in [0.15, 0.2) is 0 Å². The van der Waals surface area contributed by atoms with Crippen LogP contribution in [0.25, 0.3) is 0 Å². The molecule has 0 aromatic heterocycles. The summed E-state index contributed by atoms with van der Waals surface area (Å²) in [5.74, 6) is -0.395. The summed E-state index contributed by atoms with van der Waals surface area (Å²) in [4.78, 5) is 25.9. The van der Waals surface area contributed by atoms with Crippen molar-refractivity contribution < 1.29 is 19.4 Å². The van der Waals surface area contributed by atoms with Crippen LogP contribution in [-0.4, -0.2) is 52.8 Å². The van der Waals surface area contributed by atoms with E-state index in [4.69, 9.17) is 4.74 Å². The Bertz CT molecular complexity index is 404. The van der Waals surface area contributed by atoms with Gasteiger partial charge in [-0.1, -0.05) is 6.92 Å². The number of ether oxygens (including phenoxy) is 1. The fraction of sp³-hybridized carbons (Fsp3) is 0.867. The molecular formula is C15H26N2O4. The minimum absolute atomic E-state index is 0.0147. The Balaban J connectivity index is 2.06. The largest absolute Gasteiger partial charge is 0.480 e. The molecule has 21 heavy (non-hydrogen) atoms. The summed E-state index contributed by atoms with van der Waals surface area (Å²) in [6, 6.07) is -0.316. The van der Waals surface area contributed by atoms with Gasteiger partial charge in [0.1, 0.15) is 5.54 Å². The Morgan fingerprint density at radius 2 is 1.86 bits per heavy atom. The van der Waals surface area contributed by atoms with E-state index in [-0.39, 0.29) is 18.2 Å². The van der Waals surface area contributed by atoms with Crippen LogP contribution in [0.4, 0.5) is 4.79 Å². The Kier molecular flexibility index (Phi) is 4.76. The number of carbonyl (C=O) groups is 2. The standard InChI is InChI=1S/C15H26N2O4/c1-10-4-6-15(7-5-10,13(18)19)16-14(20)17-8-12(3)21-9-11(17)2/h10-12H,4-9H2,1-3H3,(H,16,20)(H,18,19). The van der Waals surface area contributed by atoms with Gasteiger partial charge in [-0.2, -0.15) is 0 Å². The van der Waals surface area contributed by atoms with Crippen LogP contribution in [0.5, 0.6) is 0 Å². The molecule has 0 aromatic carbocycles. The maximum atomic E-state index is 12.5. The third-order valence-electron chi connectivity index (χ3n) is 4.75. The fourth-order valence-electron chi connectivity index (χ4n) is 3.11. The number of hydrogen-bond donors (Lipinski definition) is 2.